The second-order valence-corrected chi connectivity index (χ2v) is 11.3. The number of alkyl halides is 2. The quantitative estimate of drug-likeness (QED) is 0.416. The molecule has 2 heterocycles. The number of piperidine rings is 1. The van der Waals surface area contributed by atoms with E-state index in [1.165, 1.54) is 4.90 Å². The molecule has 0 radical (unpaired) electrons. The molecule has 38 heavy (non-hydrogen) atoms. The molecule has 0 aliphatic carbocycles. The second-order valence-electron chi connectivity index (χ2n) is 11.3. The first-order valence-electron chi connectivity index (χ1n) is 12.9. The first-order valence-corrected chi connectivity index (χ1v) is 12.9. The number of halogens is 2. The van der Waals surface area contributed by atoms with Crippen LogP contribution in [0.15, 0.2) is 30.3 Å². The zero-order valence-electron chi connectivity index (χ0n) is 22.2. The molecule has 208 valence electrons. The maximum atomic E-state index is 13.8. The molecule has 2 saturated heterocycles. The fourth-order valence-corrected chi connectivity index (χ4v) is 5.27. The average Bonchev–Trinajstić information content (AvgIpc) is 3.22. The topological polar surface area (TPSA) is 126 Å². The Morgan fingerprint density at radius 3 is 2.47 bits per heavy atom. The molecule has 2 aliphatic heterocycles. The van der Waals surface area contributed by atoms with E-state index < -0.39 is 54.6 Å². The first-order chi connectivity index (χ1) is 17.7. The van der Waals surface area contributed by atoms with Gasteiger partial charge in [0.05, 0.1) is 25.1 Å². The minimum Gasteiger partial charge on any atom is -0.441 e. The van der Waals surface area contributed by atoms with Crippen LogP contribution in [-0.2, 0) is 16.0 Å². The van der Waals surface area contributed by atoms with Gasteiger partial charge in [-0.3, -0.25) is 9.69 Å². The predicted octanol–water partition coefficient (Wildman–Crippen LogP) is 2.37. The Bertz CT molecular complexity index is 1020. The van der Waals surface area contributed by atoms with Gasteiger partial charge in [-0.15, -0.1) is 0 Å². The molecule has 0 bridgehead atoms. The molecule has 0 saturated carbocycles. The first kappa shape index (κ1) is 29.8. The Labute approximate surface area is 222 Å². The minimum atomic E-state index is -2.78. The van der Waals surface area contributed by atoms with Crippen molar-refractivity contribution < 1.29 is 33.2 Å². The lowest BCUT2D eigenvalue weighted by atomic mass is 9.76. The van der Waals surface area contributed by atoms with Gasteiger partial charge in [0.1, 0.15) is 11.5 Å². The number of carbonyl (C=O) groups is 2. The normalized spacial score (nSPS) is 23.3. The third-order valence-corrected chi connectivity index (χ3v) is 7.45. The number of hydrogen-bond donors (Lipinski definition) is 3. The van der Waals surface area contributed by atoms with Crippen molar-refractivity contribution in [3.05, 3.63) is 35.9 Å². The maximum absolute atomic E-state index is 13.8. The van der Waals surface area contributed by atoms with Gasteiger partial charge in [0, 0.05) is 25.0 Å². The zero-order valence-corrected chi connectivity index (χ0v) is 22.2. The zero-order chi connectivity index (χ0) is 28.1. The number of benzene rings is 1. The van der Waals surface area contributed by atoms with Crippen molar-refractivity contribution in [3.8, 4) is 6.07 Å². The van der Waals surface area contributed by atoms with Crippen molar-refractivity contribution in [2.24, 2.45) is 5.92 Å². The SMILES string of the molecule is CC(C)(CC(C#N)C(=O)N1CCC[C@@](C)(OC(=O)N[C@@H](Cc2ccccc2)B(O)O)C1)N1CCC(F)(F)C1. The van der Waals surface area contributed by atoms with Gasteiger partial charge in [-0.05, 0) is 52.0 Å². The van der Waals surface area contributed by atoms with Crippen molar-refractivity contribution in [1.29, 1.82) is 5.26 Å². The van der Waals surface area contributed by atoms with Crippen LogP contribution in [0.25, 0.3) is 0 Å². The van der Waals surface area contributed by atoms with Crippen LogP contribution < -0.4 is 5.32 Å². The molecule has 1 unspecified atom stereocenters. The number of nitrogens with one attached hydrogen (secondary N) is 1. The van der Waals surface area contributed by atoms with Gasteiger partial charge < -0.3 is 25.0 Å². The molecule has 3 rings (SSSR count). The van der Waals surface area contributed by atoms with Crippen molar-refractivity contribution in [3.63, 3.8) is 0 Å². The summed E-state index contributed by atoms with van der Waals surface area (Å²) in [6, 6.07) is 11.1. The van der Waals surface area contributed by atoms with Crippen molar-refractivity contribution in [2.75, 3.05) is 26.2 Å². The number of carbonyl (C=O) groups excluding carboxylic acids is 2. The molecule has 2 aliphatic rings. The Balaban J connectivity index is 1.60. The van der Waals surface area contributed by atoms with Crippen LogP contribution in [0.2, 0.25) is 0 Å². The lowest BCUT2D eigenvalue weighted by Gasteiger charge is -2.42. The predicted molar refractivity (Wildman–Crippen MR) is 137 cm³/mol. The van der Waals surface area contributed by atoms with Crippen molar-refractivity contribution in [2.45, 2.75) is 75.9 Å². The number of nitriles is 1. The smallest absolute Gasteiger partial charge is 0.441 e. The molecule has 2 amide bonds. The fraction of sp³-hybridized carbons (Fsp3) is 0.654. The van der Waals surface area contributed by atoms with Crippen LogP contribution in [0, 0.1) is 17.2 Å². The molecule has 12 heteroatoms. The standard InChI is InChI=1S/C26H37BF2N4O5/c1-24(2,33-13-11-26(28,29)18-33)15-20(16-30)22(34)32-12-7-10-25(3,17-32)38-23(35)31-21(27(36)37)14-19-8-5-4-6-9-19/h4-6,8-9,20-21,36-37H,7,10-15,17-18H2,1-3H3,(H,31,35)/t20?,21-,25+/m0/s1. The van der Waals surface area contributed by atoms with Crippen LogP contribution >= 0.6 is 0 Å². The maximum Gasteiger partial charge on any atom is 0.475 e. The number of hydrogen-bond acceptors (Lipinski definition) is 7. The number of ether oxygens (including phenoxy) is 1. The van der Waals surface area contributed by atoms with E-state index in [0.717, 1.165) is 5.56 Å². The van der Waals surface area contributed by atoms with E-state index in [-0.39, 0.29) is 32.4 Å². The molecule has 1 aromatic carbocycles. The number of likely N-dealkylation sites (tertiary alicyclic amines) is 2. The van der Waals surface area contributed by atoms with Crippen molar-refractivity contribution >= 4 is 19.1 Å². The van der Waals surface area contributed by atoms with E-state index in [2.05, 4.69) is 5.32 Å². The van der Waals surface area contributed by atoms with Crippen LogP contribution in [0.1, 0.15) is 52.0 Å². The highest BCUT2D eigenvalue weighted by Crippen LogP contribution is 2.35. The Hall–Kier alpha value is -2.75. The number of alkyl carbamates (subject to hydrolysis) is 1. The van der Waals surface area contributed by atoms with Gasteiger partial charge in [0.25, 0.3) is 5.92 Å². The van der Waals surface area contributed by atoms with Gasteiger partial charge in [-0.25, -0.2) is 13.6 Å². The lowest BCUT2D eigenvalue weighted by Crippen LogP contribution is -2.55. The summed E-state index contributed by atoms with van der Waals surface area (Å²) in [7, 11) is -1.81. The highest BCUT2D eigenvalue weighted by atomic mass is 19.3. The summed E-state index contributed by atoms with van der Waals surface area (Å²) >= 11 is 0. The molecule has 3 atom stereocenters. The molecule has 0 aromatic heterocycles. The average molecular weight is 534 g/mol. The molecule has 9 nitrogen and oxygen atoms in total. The van der Waals surface area contributed by atoms with Gasteiger partial charge in [0.2, 0.25) is 5.91 Å². The minimum absolute atomic E-state index is 0.0602. The molecule has 3 N–H and O–H groups in total. The molecular formula is C26H37BF2N4O5. The van der Waals surface area contributed by atoms with E-state index in [1.807, 2.05) is 12.1 Å². The highest BCUT2D eigenvalue weighted by Gasteiger charge is 2.46. The Morgan fingerprint density at radius 1 is 1.21 bits per heavy atom. The fourth-order valence-electron chi connectivity index (χ4n) is 5.27. The summed E-state index contributed by atoms with van der Waals surface area (Å²) in [6.45, 7) is 5.46. The van der Waals surface area contributed by atoms with Crippen LogP contribution in [0.3, 0.4) is 0 Å². The van der Waals surface area contributed by atoms with E-state index in [0.29, 0.717) is 19.4 Å². The van der Waals surface area contributed by atoms with Crippen LogP contribution in [-0.4, -0.2) is 88.1 Å². The van der Waals surface area contributed by atoms with E-state index in [1.54, 1.807) is 49.9 Å². The summed E-state index contributed by atoms with van der Waals surface area (Å²) < 4.78 is 33.2. The molecule has 0 spiro atoms. The Morgan fingerprint density at radius 2 is 1.89 bits per heavy atom. The van der Waals surface area contributed by atoms with E-state index in [9.17, 15) is 33.7 Å². The van der Waals surface area contributed by atoms with E-state index in [4.69, 9.17) is 4.74 Å². The number of nitrogens with zero attached hydrogens (tertiary/aromatic N) is 3. The number of amides is 2. The summed E-state index contributed by atoms with van der Waals surface area (Å²) in [6.07, 6.45) is 0.195. The summed E-state index contributed by atoms with van der Waals surface area (Å²) in [5.41, 5.74) is -1.03. The third-order valence-electron chi connectivity index (χ3n) is 7.45. The molecule has 1 aromatic rings. The summed E-state index contributed by atoms with van der Waals surface area (Å²) in [5, 5.41) is 31.8. The highest BCUT2D eigenvalue weighted by molar-refractivity contribution is 6.43. The van der Waals surface area contributed by atoms with Crippen LogP contribution in [0.4, 0.5) is 13.6 Å². The molecular weight excluding hydrogens is 497 g/mol. The number of rotatable bonds is 9. The molecule has 2 fully saturated rings. The van der Waals surface area contributed by atoms with Gasteiger partial charge in [-0.1, -0.05) is 30.3 Å². The summed E-state index contributed by atoms with van der Waals surface area (Å²) in [5.74, 6) is -5.23. The summed E-state index contributed by atoms with van der Waals surface area (Å²) in [4.78, 5) is 29.1. The third kappa shape index (κ3) is 7.88. The van der Waals surface area contributed by atoms with E-state index >= 15 is 0 Å². The van der Waals surface area contributed by atoms with Crippen molar-refractivity contribution in [1.82, 2.24) is 15.1 Å². The van der Waals surface area contributed by atoms with Gasteiger partial charge in [-0.2, -0.15) is 5.26 Å². The lowest BCUT2D eigenvalue weighted by molar-refractivity contribution is -0.141. The largest absolute Gasteiger partial charge is 0.475 e. The van der Waals surface area contributed by atoms with Gasteiger partial charge in [0.15, 0.2) is 0 Å². The van der Waals surface area contributed by atoms with Gasteiger partial charge >= 0.3 is 13.2 Å². The van der Waals surface area contributed by atoms with Crippen LogP contribution in [0.5, 0.6) is 0 Å². The second kappa shape index (κ2) is 12.0. The monoisotopic (exact) mass is 534 g/mol. The Kier molecular flexibility index (Phi) is 9.39.